The number of ether oxygens (including phenoxy) is 3. The third-order valence-electron chi connectivity index (χ3n) is 3.99. The molecule has 0 unspecified atom stereocenters. The number of benzene rings is 2. The van der Waals surface area contributed by atoms with Crippen molar-refractivity contribution in [2.24, 2.45) is 0 Å². The molecule has 37 heavy (non-hydrogen) atoms. The third-order valence-corrected chi connectivity index (χ3v) is 4.61. The summed E-state index contributed by atoms with van der Waals surface area (Å²) in [5.74, 6) is 0.0315. The summed E-state index contributed by atoms with van der Waals surface area (Å²) in [6.45, 7) is 10.6. The van der Waals surface area contributed by atoms with Gasteiger partial charge in [0.1, 0.15) is 17.0 Å². The average molecular weight is 557 g/mol. The van der Waals surface area contributed by atoms with Crippen molar-refractivity contribution in [3.63, 3.8) is 0 Å². The Bertz CT molecular complexity index is 1090. The smallest absolute Gasteiger partial charge is 0.412 e. The van der Waals surface area contributed by atoms with Crippen LogP contribution in [0.4, 0.5) is 21.0 Å². The number of hydrogen-bond acceptors (Lipinski definition) is 7. The van der Waals surface area contributed by atoms with Gasteiger partial charge in [-0.25, -0.2) is 14.4 Å². The number of esters is 1. The molecule has 0 bridgehead atoms. The van der Waals surface area contributed by atoms with Crippen molar-refractivity contribution >= 4 is 52.7 Å². The van der Waals surface area contributed by atoms with E-state index < -0.39 is 29.4 Å². The van der Waals surface area contributed by atoms with Gasteiger partial charge in [-0.05, 0) is 83.0 Å². The number of alkyl halides is 2. The number of anilines is 2. The van der Waals surface area contributed by atoms with Crippen LogP contribution in [0, 0.1) is 0 Å². The highest BCUT2D eigenvalue weighted by Gasteiger charge is 2.18. The molecule has 0 aliphatic heterocycles. The molecule has 11 heteroatoms. The summed E-state index contributed by atoms with van der Waals surface area (Å²) in [5, 5.41) is 14.5. The van der Waals surface area contributed by atoms with Crippen molar-refractivity contribution in [3.8, 4) is 5.75 Å². The maximum atomic E-state index is 11.7. The van der Waals surface area contributed by atoms with Gasteiger partial charge >= 0.3 is 18.2 Å². The highest BCUT2D eigenvalue weighted by molar-refractivity contribution is 6.17. The first-order chi connectivity index (χ1) is 17.0. The maximum Gasteiger partial charge on any atom is 0.412 e. The van der Waals surface area contributed by atoms with E-state index in [0.717, 1.165) is 5.56 Å². The quantitative estimate of drug-likeness (QED) is 0.205. The molecule has 0 heterocycles. The number of rotatable bonds is 5. The van der Waals surface area contributed by atoms with Crippen LogP contribution in [0.25, 0.3) is 0 Å². The van der Waals surface area contributed by atoms with E-state index in [-0.39, 0.29) is 17.5 Å². The van der Waals surface area contributed by atoms with Crippen LogP contribution in [-0.4, -0.2) is 41.6 Å². The summed E-state index contributed by atoms with van der Waals surface area (Å²) >= 11 is 11.4. The highest BCUT2D eigenvalue weighted by Crippen LogP contribution is 2.22. The molecule has 0 aliphatic carbocycles. The molecule has 0 aliphatic rings. The van der Waals surface area contributed by atoms with Gasteiger partial charge in [0.25, 0.3) is 0 Å². The molecule has 0 radical (unpaired) electrons. The van der Waals surface area contributed by atoms with Crippen molar-refractivity contribution in [3.05, 3.63) is 53.1 Å². The number of halogens is 2. The first-order valence-electron chi connectivity index (χ1n) is 11.2. The molecule has 2 aromatic rings. The van der Waals surface area contributed by atoms with Crippen LogP contribution in [0.15, 0.2) is 36.4 Å². The molecule has 2 amide bonds. The van der Waals surface area contributed by atoms with Crippen LogP contribution >= 0.6 is 23.2 Å². The number of carbonyl (C=O) groups excluding carboxylic acids is 3. The van der Waals surface area contributed by atoms with E-state index in [1.54, 1.807) is 59.7 Å². The Morgan fingerprint density at radius 2 is 1.19 bits per heavy atom. The van der Waals surface area contributed by atoms with Crippen molar-refractivity contribution in [2.75, 3.05) is 17.7 Å². The van der Waals surface area contributed by atoms with Crippen molar-refractivity contribution in [1.82, 2.24) is 0 Å². The molecule has 2 rings (SSSR count). The highest BCUT2D eigenvalue weighted by atomic mass is 35.5. The van der Waals surface area contributed by atoms with Crippen LogP contribution in [-0.2, 0) is 26.0 Å². The third kappa shape index (κ3) is 13.1. The second-order valence-electron chi connectivity index (χ2n) is 9.82. The number of aromatic hydroxyl groups is 1. The molecular formula is C26H34Cl2N2O7. The molecule has 3 N–H and O–H groups in total. The number of hydrogen-bond donors (Lipinski definition) is 3. The molecule has 0 spiro atoms. The van der Waals surface area contributed by atoms with E-state index in [4.69, 9.17) is 32.7 Å². The molecule has 204 valence electrons. The summed E-state index contributed by atoms with van der Waals surface area (Å²) in [6.07, 6.45) is -1.16. The largest absolute Gasteiger partial charge is 0.508 e. The lowest BCUT2D eigenvalue weighted by molar-refractivity contribution is 0.0595. The molecule has 2 aromatic carbocycles. The van der Waals surface area contributed by atoms with Gasteiger partial charge < -0.3 is 19.3 Å². The number of methoxy groups -OCH3 is 1. The zero-order chi connectivity index (χ0) is 28.4. The summed E-state index contributed by atoms with van der Waals surface area (Å²) in [6, 6.07) is 9.43. The summed E-state index contributed by atoms with van der Waals surface area (Å²) in [5.41, 5.74) is 1.46. The Morgan fingerprint density at radius 1 is 0.757 bits per heavy atom. The SMILES string of the molecule is CC(C)(C)OC(=O)Nc1cc(O)cc(CCl)c1.COC(=O)c1cc(CCl)cc(NC(=O)OC(C)(C)C)c1. The Hall–Kier alpha value is -3.17. The van der Waals surface area contributed by atoms with Crippen LogP contribution in [0.1, 0.15) is 63.0 Å². The minimum absolute atomic E-state index is 0.0502. The minimum Gasteiger partial charge on any atom is -0.508 e. The lowest BCUT2D eigenvalue weighted by Gasteiger charge is -2.20. The second kappa shape index (κ2) is 13.9. The number of amides is 2. The molecule has 0 aromatic heterocycles. The monoisotopic (exact) mass is 556 g/mol. The van der Waals surface area contributed by atoms with Crippen LogP contribution in [0.3, 0.4) is 0 Å². The first kappa shape index (κ1) is 31.9. The summed E-state index contributed by atoms with van der Waals surface area (Å²) in [7, 11) is 1.29. The predicted molar refractivity (Wildman–Crippen MR) is 145 cm³/mol. The Balaban J connectivity index is 0.000000375. The average Bonchev–Trinajstić information content (AvgIpc) is 2.75. The number of phenolic OH excluding ortho intramolecular Hbond substituents is 1. The number of nitrogens with one attached hydrogen (secondary N) is 2. The summed E-state index contributed by atoms with van der Waals surface area (Å²) < 4.78 is 14.9. The molecule has 0 saturated heterocycles. The van der Waals surface area contributed by atoms with E-state index >= 15 is 0 Å². The van der Waals surface area contributed by atoms with Gasteiger partial charge in [0.2, 0.25) is 0 Å². The van der Waals surface area contributed by atoms with E-state index in [9.17, 15) is 19.5 Å². The van der Waals surface area contributed by atoms with Crippen LogP contribution in [0.5, 0.6) is 5.75 Å². The topological polar surface area (TPSA) is 123 Å². The Kier molecular flexibility index (Phi) is 12.0. The maximum absolute atomic E-state index is 11.7. The number of carbonyl (C=O) groups is 3. The van der Waals surface area contributed by atoms with E-state index in [1.165, 1.54) is 25.3 Å². The van der Waals surface area contributed by atoms with E-state index in [1.807, 2.05) is 0 Å². The Morgan fingerprint density at radius 3 is 1.59 bits per heavy atom. The standard InChI is InChI=1S/C14H18ClNO4.C12H16ClNO3/c1-14(2,3)20-13(18)16-11-6-9(8-15)5-10(7-11)12(17)19-4;1-12(2,3)17-11(16)14-9-4-8(7-13)5-10(15)6-9/h5-7H,8H2,1-4H3,(H,16,18);4-6,15H,7H2,1-3H3,(H,14,16). The molecule has 9 nitrogen and oxygen atoms in total. The predicted octanol–water partition coefficient (Wildman–Crippen LogP) is 7.04. The lowest BCUT2D eigenvalue weighted by Crippen LogP contribution is -2.27. The number of phenols is 1. The van der Waals surface area contributed by atoms with Crippen molar-refractivity contribution < 1.29 is 33.7 Å². The van der Waals surface area contributed by atoms with Gasteiger partial charge in [-0.2, -0.15) is 0 Å². The molecule has 0 saturated carbocycles. The lowest BCUT2D eigenvalue weighted by atomic mass is 10.1. The minimum atomic E-state index is -0.598. The zero-order valence-corrected chi connectivity index (χ0v) is 23.5. The van der Waals surface area contributed by atoms with Gasteiger partial charge in [-0.1, -0.05) is 0 Å². The van der Waals surface area contributed by atoms with Crippen LogP contribution in [0.2, 0.25) is 0 Å². The fourth-order valence-corrected chi connectivity index (χ4v) is 3.05. The van der Waals surface area contributed by atoms with E-state index in [0.29, 0.717) is 22.5 Å². The van der Waals surface area contributed by atoms with Crippen LogP contribution < -0.4 is 10.6 Å². The van der Waals surface area contributed by atoms with Gasteiger partial charge in [0, 0.05) is 29.2 Å². The fourth-order valence-electron chi connectivity index (χ4n) is 2.74. The summed E-state index contributed by atoms with van der Waals surface area (Å²) in [4.78, 5) is 34.7. The van der Waals surface area contributed by atoms with E-state index in [2.05, 4.69) is 15.4 Å². The molecule has 0 atom stereocenters. The van der Waals surface area contributed by atoms with Gasteiger partial charge in [0.15, 0.2) is 0 Å². The second-order valence-corrected chi connectivity index (χ2v) is 10.4. The fraction of sp³-hybridized carbons (Fsp3) is 0.423. The molecular weight excluding hydrogens is 523 g/mol. The first-order valence-corrected chi connectivity index (χ1v) is 12.3. The van der Waals surface area contributed by atoms with Gasteiger partial charge in [0.05, 0.1) is 12.7 Å². The van der Waals surface area contributed by atoms with Crippen molar-refractivity contribution in [1.29, 1.82) is 0 Å². The van der Waals surface area contributed by atoms with Gasteiger partial charge in [-0.3, -0.25) is 10.6 Å². The zero-order valence-electron chi connectivity index (χ0n) is 22.0. The molecule has 0 fully saturated rings. The van der Waals surface area contributed by atoms with Gasteiger partial charge in [-0.15, -0.1) is 23.2 Å². The normalized spacial score (nSPS) is 10.9. The van der Waals surface area contributed by atoms with Crippen molar-refractivity contribution in [2.45, 2.75) is 64.5 Å². The Labute approximate surface area is 227 Å².